The molecule has 0 radical (unpaired) electrons. The average Bonchev–Trinajstić information content (AvgIpc) is 2.89. The van der Waals surface area contributed by atoms with E-state index in [1.54, 1.807) is 30.6 Å². The molecule has 0 aliphatic carbocycles. The second-order valence-corrected chi connectivity index (χ2v) is 9.62. The molecule has 43 heavy (non-hydrogen) atoms. The topological polar surface area (TPSA) is 53.5 Å². The molecule has 0 N–H and O–H groups in total. The lowest BCUT2D eigenvalue weighted by Gasteiger charge is -2.31. The van der Waals surface area contributed by atoms with Crippen LogP contribution >= 0.6 is 0 Å². The summed E-state index contributed by atoms with van der Waals surface area (Å²) >= 11 is 0. The second-order valence-electron chi connectivity index (χ2n) is 9.62. The molecule has 1 heterocycles. The van der Waals surface area contributed by atoms with Gasteiger partial charge in [0.25, 0.3) is 0 Å². The third-order valence-electron chi connectivity index (χ3n) is 6.04. The van der Waals surface area contributed by atoms with Crippen molar-refractivity contribution in [2.75, 3.05) is 13.2 Å². The summed E-state index contributed by atoms with van der Waals surface area (Å²) in [5.41, 5.74) is 2.55. The number of hydrogen-bond acceptors (Lipinski definition) is 5. The number of halogens is 11. The van der Waals surface area contributed by atoms with Crippen molar-refractivity contribution in [1.29, 1.82) is 0 Å². The molecule has 1 aromatic heterocycles. The van der Waals surface area contributed by atoms with Gasteiger partial charge in [-0.2, -0.15) is 48.3 Å². The van der Waals surface area contributed by atoms with E-state index in [2.05, 4.69) is 26.4 Å². The Morgan fingerprint density at radius 2 is 1.23 bits per heavy atom. The summed E-state index contributed by atoms with van der Waals surface area (Å²) in [6.07, 6.45) is -21.6. The standard InChI is InChI=1S/C27H31F11N2O3/c1-2-3-4-5-6-7-10-20-17-21(22-39-14-9-15-40-22)13-12-19(20)11-8-16-41-18-23(28,29)42-26(35,36)27(37,38)43-25(33,34)24(30,31)32/h9,12-15,17H,2-8,10-11,16,18H2,1H3. The average molecular weight is 641 g/mol. The largest absolute Gasteiger partial charge is 0.483 e. The minimum atomic E-state index is -6.83. The maximum absolute atomic E-state index is 13.7. The fourth-order valence-corrected chi connectivity index (χ4v) is 3.90. The van der Waals surface area contributed by atoms with E-state index in [9.17, 15) is 48.3 Å². The van der Waals surface area contributed by atoms with Crippen molar-refractivity contribution in [1.82, 2.24) is 9.97 Å². The summed E-state index contributed by atoms with van der Waals surface area (Å²) < 4.78 is 151. The molecule has 244 valence electrons. The molecular weight excluding hydrogens is 609 g/mol. The van der Waals surface area contributed by atoms with Crippen molar-refractivity contribution in [2.45, 2.75) is 95.3 Å². The summed E-state index contributed by atoms with van der Waals surface area (Å²) in [6, 6.07) is 7.14. The van der Waals surface area contributed by atoms with Gasteiger partial charge < -0.3 is 4.74 Å². The zero-order chi connectivity index (χ0) is 32.4. The van der Waals surface area contributed by atoms with Crippen LogP contribution in [0.2, 0.25) is 0 Å². The van der Waals surface area contributed by atoms with Gasteiger partial charge in [0.1, 0.15) is 6.61 Å². The highest BCUT2D eigenvalue weighted by atomic mass is 19.4. The van der Waals surface area contributed by atoms with E-state index >= 15 is 0 Å². The predicted molar refractivity (Wildman–Crippen MR) is 132 cm³/mol. The first kappa shape index (κ1) is 36.6. The third-order valence-corrected chi connectivity index (χ3v) is 6.04. The number of nitrogens with zero attached hydrogens (tertiary/aromatic N) is 2. The molecule has 1 aromatic carbocycles. The van der Waals surface area contributed by atoms with Crippen LogP contribution in [-0.2, 0) is 27.1 Å². The number of benzene rings is 1. The molecule has 0 amide bonds. The maximum Gasteiger partial charge on any atom is 0.483 e. The van der Waals surface area contributed by atoms with Gasteiger partial charge >= 0.3 is 30.6 Å². The van der Waals surface area contributed by atoms with E-state index in [1.807, 2.05) is 10.8 Å². The summed E-state index contributed by atoms with van der Waals surface area (Å²) in [5.74, 6) is 0.499. The van der Waals surface area contributed by atoms with Gasteiger partial charge in [0.2, 0.25) is 0 Å². The van der Waals surface area contributed by atoms with E-state index in [0.29, 0.717) is 18.7 Å². The van der Waals surface area contributed by atoms with Crippen LogP contribution in [0.3, 0.4) is 0 Å². The Kier molecular flexibility index (Phi) is 13.1. The SMILES string of the molecule is CCCCCCCCc1cc(-c2ncccn2)ccc1CCCOCC(F)(F)OC(F)(F)C(F)(F)OC(F)(F)C(F)(F)F. The van der Waals surface area contributed by atoms with Crippen LogP contribution in [0, 0.1) is 0 Å². The van der Waals surface area contributed by atoms with Crippen molar-refractivity contribution in [3.8, 4) is 11.4 Å². The Morgan fingerprint density at radius 3 is 1.86 bits per heavy atom. The van der Waals surface area contributed by atoms with Gasteiger partial charge in [0.05, 0.1) is 0 Å². The summed E-state index contributed by atoms with van der Waals surface area (Å²) in [7, 11) is 0. The smallest absolute Gasteiger partial charge is 0.372 e. The van der Waals surface area contributed by atoms with Gasteiger partial charge in [-0.05, 0) is 48.9 Å². The van der Waals surface area contributed by atoms with Crippen LogP contribution < -0.4 is 0 Å². The normalized spacial score (nSPS) is 13.5. The van der Waals surface area contributed by atoms with Gasteiger partial charge in [-0.25, -0.2) is 19.4 Å². The third kappa shape index (κ3) is 11.4. The highest BCUT2D eigenvalue weighted by Crippen LogP contribution is 2.47. The van der Waals surface area contributed by atoms with Gasteiger partial charge in [0.15, 0.2) is 5.82 Å². The quantitative estimate of drug-likeness (QED) is 0.113. The fraction of sp³-hybridized carbons (Fsp3) is 0.630. The number of hydrogen-bond donors (Lipinski definition) is 0. The monoisotopic (exact) mass is 640 g/mol. The lowest BCUT2D eigenvalue weighted by Crippen LogP contribution is -2.55. The van der Waals surface area contributed by atoms with E-state index in [-0.39, 0.29) is 6.42 Å². The minimum Gasteiger partial charge on any atom is -0.372 e. The Morgan fingerprint density at radius 1 is 0.651 bits per heavy atom. The van der Waals surface area contributed by atoms with E-state index in [1.165, 1.54) is 0 Å². The van der Waals surface area contributed by atoms with Crippen LogP contribution in [-0.4, -0.2) is 53.8 Å². The minimum absolute atomic E-state index is 0.0776. The number of alkyl halides is 11. The van der Waals surface area contributed by atoms with Crippen LogP contribution in [0.1, 0.15) is 63.0 Å². The van der Waals surface area contributed by atoms with Crippen molar-refractivity contribution in [2.24, 2.45) is 0 Å². The number of ether oxygens (including phenoxy) is 3. The molecule has 0 spiro atoms. The first-order valence-electron chi connectivity index (χ1n) is 13.4. The molecule has 0 saturated carbocycles. The van der Waals surface area contributed by atoms with Gasteiger partial charge in [-0.15, -0.1) is 0 Å². The van der Waals surface area contributed by atoms with Gasteiger partial charge in [0, 0.05) is 24.6 Å². The second kappa shape index (κ2) is 15.4. The van der Waals surface area contributed by atoms with E-state index < -0.39 is 43.8 Å². The van der Waals surface area contributed by atoms with Gasteiger partial charge in [-0.1, -0.05) is 51.2 Å². The number of unbranched alkanes of at least 4 members (excludes halogenated alkanes) is 5. The Bertz CT molecular complexity index is 1120. The van der Waals surface area contributed by atoms with Gasteiger partial charge in [-0.3, -0.25) is 0 Å². The summed E-state index contributed by atoms with van der Waals surface area (Å²) in [6.45, 7) is -0.400. The van der Waals surface area contributed by atoms with Crippen LogP contribution in [0.4, 0.5) is 48.3 Å². The van der Waals surface area contributed by atoms with Crippen LogP contribution in [0.25, 0.3) is 11.4 Å². The Labute approximate surface area is 240 Å². The molecule has 0 fully saturated rings. The summed E-state index contributed by atoms with van der Waals surface area (Å²) in [5, 5.41) is 0. The van der Waals surface area contributed by atoms with E-state index in [4.69, 9.17) is 0 Å². The Hall–Kier alpha value is -2.59. The number of rotatable bonds is 19. The molecule has 0 aliphatic rings. The predicted octanol–water partition coefficient (Wildman–Crippen LogP) is 8.96. The molecule has 0 atom stereocenters. The summed E-state index contributed by atoms with van der Waals surface area (Å²) in [4.78, 5) is 8.44. The highest BCUT2D eigenvalue weighted by molar-refractivity contribution is 5.57. The molecule has 16 heteroatoms. The van der Waals surface area contributed by atoms with Crippen LogP contribution in [0.15, 0.2) is 36.7 Å². The number of aryl methyl sites for hydroxylation is 2. The molecule has 0 bridgehead atoms. The molecule has 2 aromatic rings. The molecule has 2 rings (SSSR count). The highest BCUT2D eigenvalue weighted by Gasteiger charge is 2.72. The lowest BCUT2D eigenvalue weighted by molar-refractivity contribution is -0.537. The lowest BCUT2D eigenvalue weighted by atomic mass is 9.95. The van der Waals surface area contributed by atoms with E-state index in [0.717, 1.165) is 55.2 Å². The Balaban J connectivity index is 1.95. The van der Waals surface area contributed by atoms with Crippen molar-refractivity contribution in [3.05, 3.63) is 47.8 Å². The van der Waals surface area contributed by atoms with Crippen LogP contribution in [0.5, 0.6) is 0 Å². The van der Waals surface area contributed by atoms with Crippen molar-refractivity contribution >= 4 is 0 Å². The molecular formula is C27H31F11N2O3. The molecule has 0 aliphatic heterocycles. The molecule has 0 unspecified atom stereocenters. The first-order chi connectivity index (χ1) is 19.9. The van der Waals surface area contributed by atoms with Crippen molar-refractivity contribution in [3.63, 3.8) is 0 Å². The molecule has 0 saturated heterocycles. The number of aromatic nitrogens is 2. The first-order valence-corrected chi connectivity index (χ1v) is 13.4. The zero-order valence-corrected chi connectivity index (χ0v) is 23.0. The maximum atomic E-state index is 13.7. The zero-order valence-electron chi connectivity index (χ0n) is 23.0. The van der Waals surface area contributed by atoms with Crippen molar-refractivity contribution < 1.29 is 62.5 Å². The molecule has 5 nitrogen and oxygen atoms in total. The fourth-order valence-electron chi connectivity index (χ4n) is 3.90.